The van der Waals surface area contributed by atoms with Gasteiger partial charge in [0.1, 0.15) is 4.88 Å². The van der Waals surface area contributed by atoms with Crippen LogP contribution in [0.2, 0.25) is 0 Å². The fourth-order valence-electron chi connectivity index (χ4n) is 3.54. The maximum Gasteiger partial charge on any atom is 0.347 e. The Hall–Kier alpha value is -1.14. The zero-order valence-electron chi connectivity index (χ0n) is 12.0. The van der Waals surface area contributed by atoms with E-state index in [1.165, 1.54) is 30.7 Å². The highest BCUT2D eigenvalue weighted by molar-refractivity contribution is 7.17. The molecule has 110 valence electrons. The van der Waals surface area contributed by atoms with E-state index in [-0.39, 0.29) is 0 Å². The van der Waals surface area contributed by atoms with Gasteiger partial charge in [-0.2, -0.15) is 0 Å². The normalized spacial score (nSPS) is 27.4. The van der Waals surface area contributed by atoms with Crippen molar-refractivity contribution in [2.45, 2.75) is 32.2 Å². The number of nitrogens with zero attached hydrogens (tertiary/aromatic N) is 3. The maximum atomic E-state index is 11.1. The van der Waals surface area contributed by atoms with E-state index in [9.17, 15) is 4.79 Å². The number of rotatable bonds is 2. The summed E-state index contributed by atoms with van der Waals surface area (Å²) >= 11 is 1.32. The van der Waals surface area contributed by atoms with E-state index < -0.39 is 5.97 Å². The number of aromatic nitrogens is 1. The highest BCUT2D eigenvalue weighted by atomic mass is 32.1. The first-order valence-electron chi connectivity index (χ1n) is 7.22. The summed E-state index contributed by atoms with van der Waals surface area (Å²) in [6.45, 7) is 4.99. The number of hydrogen-bond donors (Lipinski definition) is 1. The molecule has 1 N–H and O–H groups in total. The smallest absolute Gasteiger partial charge is 0.347 e. The lowest BCUT2D eigenvalue weighted by Crippen LogP contribution is -2.52. The largest absolute Gasteiger partial charge is 0.477 e. The van der Waals surface area contributed by atoms with Crippen molar-refractivity contribution in [3.8, 4) is 0 Å². The number of aryl methyl sites for hydroxylation is 1. The molecule has 2 aliphatic rings. The van der Waals surface area contributed by atoms with Crippen molar-refractivity contribution in [1.29, 1.82) is 0 Å². The summed E-state index contributed by atoms with van der Waals surface area (Å²) in [7, 11) is 2.22. The summed E-state index contributed by atoms with van der Waals surface area (Å²) in [6.07, 6.45) is 3.70. The van der Waals surface area contributed by atoms with E-state index in [4.69, 9.17) is 5.11 Å². The fourth-order valence-corrected chi connectivity index (χ4v) is 4.48. The molecule has 0 saturated carbocycles. The van der Waals surface area contributed by atoms with Crippen LogP contribution in [-0.2, 0) is 0 Å². The molecule has 2 aliphatic heterocycles. The zero-order chi connectivity index (χ0) is 14.3. The number of fused-ring (bicyclic) bond motifs is 1. The third kappa shape index (κ3) is 2.42. The van der Waals surface area contributed by atoms with E-state index in [0.717, 1.165) is 24.6 Å². The summed E-state index contributed by atoms with van der Waals surface area (Å²) < 4.78 is 0. The minimum atomic E-state index is -0.862. The van der Waals surface area contributed by atoms with Crippen molar-refractivity contribution in [2.75, 3.05) is 31.6 Å². The predicted octanol–water partition coefficient (Wildman–Crippen LogP) is 2.07. The van der Waals surface area contributed by atoms with E-state index in [0.29, 0.717) is 22.5 Å². The molecule has 2 fully saturated rings. The molecular formula is C14H21N3O2S. The molecule has 0 bridgehead atoms. The average molecular weight is 295 g/mol. The Morgan fingerprint density at radius 3 is 2.90 bits per heavy atom. The topological polar surface area (TPSA) is 56.7 Å². The lowest BCUT2D eigenvalue weighted by atomic mass is 9.84. The molecule has 2 saturated heterocycles. The zero-order valence-corrected chi connectivity index (χ0v) is 12.8. The van der Waals surface area contributed by atoms with E-state index >= 15 is 0 Å². The van der Waals surface area contributed by atoms with Gasteiger partial charge in [0.25, 0.3) is 0 Å². The van der Waals surface area contributed by atoms with Crippen molar-refractivity contribution < 1.29 is 9.90 Å². The highest BCUT2D eigenvalue weighted by Crippen LogP contribution is 2.34. The number of carboxylic acid groups (broad SMARTS) is 1. The molecule has 0 aliphatic carbocycles. The second-order valence-electron chi connectivity index (χ2n) is 5.90. The van der Waals surface area contributed by atoms with Crippen LogP contribution in [0, 0.1) is 12.8 Å². The number of hydrogen-bond acceptors (Lipinski definition) is 5. The van der Waals surface area contributed by atoms with Gasteiger partial charge in [-0.25, -0.2) is 9.78 Å². The van der Waals surface area contributed by atoms with Crippen LogP contribution in [0.25, 0.3) is 0 Å². The van der Waals surface area contributed by atoms with Gasteiger partial charge in [0.05, 0.1) is 5.69 Å². The summed E-state index contributed by atoms with van der Waals surface area (Å²) in [4.78, 5) is 20.7. The summed E-state index contributed by atoms with van der Waals surface area (Å²) in [5, 5.41) is 10.0. The Kier molecular flexibility index (Phi) is 3.69. The first kappa shape index (κ1) is 13.8. The van der Waals surface area contributed by atoms with Crippen LogP contribution in [0.15, 0.2) is 0 Å². The molecule has 20 heavy (non-hydrogen) atoms. The van der Waals surface area contributed by atoms with Crippen molar-refractivity contribution >= 4 is 22.4 Å². The number of thiazole rings is 1. The summed E-state index contributed by atoms with van der Waals surface area (Å²) in [5.74, 6) is -0.168. The number of anilines is 1. The monoisotopic (exact) mass is 295 g/mol. The molecule has 0 spiro atoms. The van der Waals surface area contributed by atoms with Gasteiger partial charge in [-0.05, 0) is 45.7 Å². The quantitative estimate of drug-likeness (QED) is 0.905. The van der Waals surface area contributed by atoms with Crippen molar-refractivity contribution in [1.82, 2.24) is 9.88 Å². The van der Waals surface area contributed by atoms with Crippen molar-refractivity contribution in [2.24, 2.45) is 5.92 Å². The van der Waals surface area contributed by atoms with Gasteiger partial charge in [-0.3, -0.25) is 0 Å². The van der Waals surface area contributed by atoms with Gasteiger partial charge in [0, 0.05) is 19.1 Å². The Morgan fingerprint density at radius 1 is 1.40 bits per heavy atom. The third-order valence-electron chi connectivity index (χ3n) is 4.60. The predicted molar refractivity (Wildman–Crippen MR) is 79.8 cm³/mol. The molecule has 2 atom stereocenters. The number of carboxylic acids is 1. The molecule has 0 amide bonds. The third-order valence-corrected chi connectivity index (χ3v) is 5.80. The molecular weight excluding hydrogens is 274 g/mol. The first-order valence-corrected chi connectivity index (χ1v) is 8.04. The van der Waals surface area contributed by atoms with Crippen LogP contribution in [0.5, 0.6) is 0 Å². The summed E-state index contributed by atoms with van der Waals surface area (Å²) in [6, 6.07) is 0.694. The van der Waals surface area contributed by atoms with Crippen LogP contribution < -0.4 is 4.90 Å². The molecule has 6 heteroatoms. The molecule has 0 aromatic carbocycles. The van der Waals surface area contributed by atoms with Crippen molar-refractivity contribution in [3.05, 3.63) is 10.6 Å². The van der Waals surface area contributed by atoms with Crippen LogP contribution in [0.3, 0.4) is 0 Å². The van der Waals surface area contributed by atoms with Gasteiger partial charge >= 0.3 is 5.97 Å². The Morgan fingerprint density at radius 2 is 2.20 bits per heavy atom. The average Bonchev–Trinajstić information content (AvgIpc) is 2.81. The molecule has 5 nitrogen and oxygen atoms in total. The van der Waals surface area contributed by atoms with Crippen LogP contribution in [0.4, 0.5) is 5.13 Å². The standard InChI is InChI=1S/C14H21N3O2S/c1-9-12(13(18)19)20-14(15-9)17-7-5-11-10(8-17)4-3-6-16(11)2/h10-11H,3-8H2,1-2H3,(H,18,19). The number of carbonyl (C=O) groups is 1. The summed E-state index contributed by atoms with van der Waals surface area (Å²) in [5.41, 5.74) is 0.639. The lowest BCUT2D eigenvalue weighted by Gasteiger charge is -2.45. The lowest BCUT2D eigenvalue weighted by molar-refractivity contribution is 0.0701. The fraction of sp³-hybridized carbons (Fsp3) is 0.714. The molecule has 3 rings (SSSR count). The Labute approximate surface area is 123 Å². The second-order valence-corrected chi connectivity index (χ2v) is 6.88. The number of aromatic carboxylic acids is 1. The van der Waals surface area contributed by atoms with Gasteiger partial charge < -0.3 is 14.9 Å². The minimum Gasteiger partial charge on any atom is -0.477 e. The van der Waals surface area contributed by atoms with Crippen LogP contribution in [0.1, 0.15) is 34.6 Å². The van der Waals surface area contributed by atoms with E-state index in [1.54, 1.807) is 6.92 Å². The first-order chi connectivity index (χ1) is 9.56. The van der Waals surface area contributed by atoms with Gasteiger partial charge in [0.2, 0.25) is 0 Å². The molecule has 3 heterocycles. The van der Waals surface area contributed by atoms with Crippen molar-refractivity contribution in [3.63, 3.8) is 0 Å². The number of piperidine rings is 2. The minimum absolute atomic E-state index is 0.378. The van der Waals surface area contributed by atoms with Gasteiger partial charge in [-0.1, -0.05) is 11.3 Å². The molecule has 0 radical (unpaired) electrons. The van der Waals surface area contributed by atoms with Gasteiger partial charge in [-0.15, -0.1) is 0 Å². The molecule has 1 aromatic rings. The highest BCUT2D eigenvalue weighted by Gasteiger charge is 2.35. The van der Waals surface area contributed by atoms with Crippen LogP contribution in [-0.4, -0.2) is 53.7 Å². The van der Waals surface area contributed by atoms with Gasteiger partial charge in [0.15, 0.2) is 5.13 Å². The number of likely N-dealkylation sites (tertiary alicyclic amines) is 1. The Bertz CT molecular complexity index is 517. The Balaban J connectivity index is 1.76. The SMILES string of the molecule is Cc1nc(N2CCC3C(CCCN3C)C2)sc1C(=O)O. The van der Waals surface area contributed by atoms with Crippen LogP contribution >= 0.6 is 11.3 Å². The second kappa shape index (κ2) is 5.33. The van der Waals surface area contributed by atoms with E-state index in [1.807, 2.05) is 0 Å². The molecule has 2 unspecified atom stereocenters. The maximum absolute atomic E-state index is 11.1. The molecule has 1 aromatic heterocycles. The van der Waals surface area contributed by atoms with E-state index in [2.05, 4.69) is 21.8 Å².